The lowest BCUT2D eigenvalue weighted by atomic mass is 10.1. The summed E-state index contributed by atoms with van der Waals surface area (Å²) in [7, 11) is 0. The van der Waals surface area contributed by atoms with Crippen LogP contribution in [0.25, 0.3) is 0 Å². The minimum absolute atomic E-state index is 0.0367. The van der Waals surface area contributed by atoms with Gasteiger partial charge in [-0.1, -0.05) is 31.5 Å². The van der Waals surface area contributed by atoms with E-state index in [-0.39, 0.29) is 11.5 Å². The molecule has 23 heavy (non-hydrogen) atoms. The van der Waals surface area contributed by atoms with Crippen molar-refractivity contribution in [2.24, 2.45) is 0 Å². The van der Waals surface area contributed by atoms with Gasteiger partial charge in [-0.15, -0.1) is 0 Å². The highest BCUT2D eigenvalue weighted by Gasteiger charge is 2.33. The molecule has 2 aromatic rings. The Bertz CT molecular complexity index is 639. The number of hydrogen-bond acceptors (Lipinski definition) is 2. The molecule has 0 saturated carbocycles. The van der Waals surface area contributed by atoms with Crippen molar-refractivity contribution in [1.82, 2.24) is 0 Å². The summed E-state index contributed by atoms with van der Waals surface area (Å²) in [6, 6.07) is 10.5. The Hall–Kier alpha value is -2.17. The fraction of sp³-hybridized carbons (Fsp3) is 0.333. The molecule has 0 amide bonds. The van der Waals surface area contributed by atoms with Crippen LogP contribution >= 0.6 is 0 Å². The Morgan fingerprint density at radius 2 is 1.65 bits per heavy atom. The minimum Gasteiger partial charge on any atom is -0.483 e. The number of aryl methyl sites for hydroxylation is 2. The second-order valence-electron chi connectivity index (χ2n) is 5.33. The summed E-state index contributed by atoms with van der Waals surface area (Å²) in [6.07, 6.45) is -1.64. The molecule has 0 radical (unpaired) electrons. The largest absolute Gasteiger partial charge is 0.483 e. The Labute approximate surface area is 133 Å². The van der Waals surface area contributed by atoms with Crippen LogP contribution in [-0.2, 0) is 6.42 Å². The third-order valence-electron chi connectivity index (χ3n) is 3.28. The molecule has 0 bridgehead atoms. The molecule has 0 unspecified atom stereocenters. The molecule has 2 rings (SSSR count). The van der Waals surface area contributed by atoms with Crippen molar-refractivity contribution in [3.8, 4) is 11.5 Å². The van der Waals surface area contributed by atoms with E-state index in [1.54, 1.807) is 19.1 Å². The predicted octanol–water partition coefficient (Wildman–Crippen LogP) is 5.14. The summed E-state index contributed by atoms with van der Waals surface area (Å²) in [5, 5.41) is 0. The van der Waals surface area contributed by atoms with E-state index in [9.17, 15) is 13.2 Å². The van der Waals surface area contributed by atoms with Crippen LogP contribution < -0.4 is 9.47 Å². The first-order chi connectivity index (χ1) is 10.9. The van der Waals surface area contributed by atoms with Crippen molar-refractivity contribution in [3.05, 3.63) is 59.4 Å². The first-order valence-electron chi connectivity index (χ1n) is 7.44. The number of ether oxygens (including phenoxy) is 2. The van der Waals surface area contributed by atoms with Crippen molar-refractivity contribution in [2.75, 3.05) is 6.61 Å². The normalized spacial score (nSPS) is 11.3. The molecule has 0 atom stereocenters. The molecular formula is C18H19F3O2. The van der Waals surface area contributed by atoms with Gasteiger partial charge in [-0.3, -0.25) is 0 Å². The molecule has 2 aromatic carbocycles. The summed E-state index contributed by atoms with van der Waals surface area (Å²) in [5.41, 5.74) is 1.49. The predicted molar refractivity (Wildman–Crippen MR) is 82.6 cm³/mol. The van der Waals surface area contributed by atoms with Gasteiger partial charge in [0.2, 0.25) is 0 Å². The third-order valence-corrected chi connectivity index (χ3v) is 3.28. The number of halogens is 3. The van der Waals surface area contributed by atoms with Gasteiger partial charge >= 0.3 is 6.11 Å². The third kappa shape index (κ3) is 5.20. The van der Waals surface area contributed by atoms with E-state index in [0.29, 0.717) is 5.56 Å². The van der Waals surface area contributed by atoms with Gasteiger partial charge in [0.15, 0.2) is 6.61 Å². The monoisotopic (exact) mass is 324 g/mol. The molecule has 2 nitrogen and oxygen atoms in total. The van der Waals surface area contributed by atoms with Crippen LogP contribution in [0.3, 0.4) is 0 Å². The topological polar surface area (TPSA) is 18.5 Å². The zero-order valence-corrected chi connectivity index (χ0v) is 13.1. The highest BCUT2D eigenvalue weighted by atomic mass is 19.3. The maximum Gasteiger partial charge on any atom is 0.432 e. The standard InChI is InChI=1S/C18H19F3O2/c1-3-4-14-6-9-15(10-7-14)23-18(20,21)12-22-16-8-5-13(2)17(19)11-16/h5-11H,3-4,12H2,1-2H3. The highest BCUT2D eigenvalue weighted by molar-refractivity contribution is 5.29. The highest BCUT2D eigenvalue weighted by Crippen LogP contribution is 2.24. The lowest BCUT2D eigenvalue weighted by Crippen LogP contribution is -2.32. The van der Waals surface area contributed by atoms with Crippen LogP contribution in [0, 0.1) is 12.7 Å². The molecule has 124 valence electrons. The van der Waals surface area contributed by atoms with Gasteiger partial charge in [-0.05, 0) is 42.7 Å². The van der Waals surface area contributed by atoms with Crippen molar-refractivity contribution >= 4 is 0 Å². The van der Waals surface area contributed by atoms with Crippen LogP contribution in [0.4, 0.5) is 13.2 Å². The molecule has 0 spiro atoms. The second-order valence-corrected chi connectivity index (χ2v) is 5.33. The van der Waals surface area contributed by atoms with E-state index in [4.69, 9.17) is 4.74 Å². The van der Waals surface area contributed by atoms with E-state index >= 15 is 0 Å². The van der Waals surface area contributed by atoms with Crippen LogP contribution in [-0.4, -0.2) is 12.7 Å². The Morgan fingerprint density at radius 3 is 2.26 bits per heavy atom. The number of benzene rings is 2. The van der Waals surface area contributed by atoms with Gasteiger partial charge in [-0.25, -0.2) is 4.39 Å². The van der Waals surface area contributed by atoms with Crippen LogP contribution in [0.15, 0.2) is 42.5 Å². The van der Waals surface area contributed by atoms with Crippen molar-refractivity contribution in [2.45, 2.75) is 32.8 Å². The molecule has 0 heterocycles. The lowest BCUT2D eigenvalue weighted by molar-refractivity contribution is -0.195. The van der Waals surface area contributed by atoms with Gasteiger partial charge in [-0.2, -0.15) is 8.78 Å². The second kappa shape index (κ2) is 7.40. The fourth-order valence-electron chi connectivity index (χ4n) is 2.05. The van der Waals surface area contributed by atoms with Crippen LogP contribution in [0.2, 0.25) is 0 Å². The first-order valence-corrected chi connectivity index (χ1v) is 7.44. The van der Waals surface area contributed by atoms with Gasteiger partial charge < -0.3 is 9.47 Å². The summed E-state index contributed by atoms with van der Waals surface area (Å²) in [4.78, 5) is 0. The average molecular weight is 324 g/mol. The molecule has 0 fully saturated rings. The quantitative estimate of drug-likeness (QED) is 0.702. The zero-order valence-electron chi connectivity index (χ0n) is 13.1. The van der Waals surface area contributed by atoms with Crippen molar-refractivity contribution in [3.63, 3.8) is 0 Å². The van der Waals surface area contributed by atoms with Gasteiger partial charge in [0.1, 0.15) is 17.3 Å². The summed E-state index contributed by atoms with van der Waals surface area (Å²) < 4.78 is 50.5. The zero-order chi connectivity index (χ0) is 16.9. The molecule has 0 aliphatic carbocycles. The van der Waals surface area contributed by atoms with Crippen molar-refractivity contribution in [1.29, 1.82) is 0 Å². The van der Waals surface area contributed by atoms with E-state index in [1.165, 1.54) is 24.3 Å². The average Bonchev–Trinajstić information content (AvgIpc) is 2.51. The van der Waals surface area contributed by atoms with E-state index < -0.39 is 18.5 Å². The Balaban J connectivity index is 1.94. The lowest BCUT2D eigenvalue weighted by Gasteiger charge is -2.18. The molecule has 0 aliphatic heterocycles. The maximum atomic E-state index is 13.8. The fourth-order valence-corrected chi connectivity index (χ4v) is 2.05. The van der Waals surface area contributed by atoms with Crippen LogP contribution in [0.1, 0.15) is 24.5 Å². The first kappa shape index (κ1) is 17.2. The van der Waals surface area contributed by atoms with Crippen LogP contribution in [0.5, 0.6) is 11.5 Å². The number of rotatable bonds is 7. The van der Waals surface area contributed by atoms with Gasteiger partial charge in [0, 0.05) is 6.07 Å². The smallest absolute Gasteiger partial charge is 0.432 e. The summed E-state index contributed by atoms with van der Waals surface area (Å²) in [5.74, 6) is -0.401. The van der Waals surface area contributed by atoms with E-state index in [2.05, 4.69) is 4.74 Å². The van der Waals surface area contributed by atoms with Crippen molar-refractivity contribution < 1.29 is 22.6 Å². The maximum absolute atomic E-state index is 13.8. The molecule has 0 aromatic heterocycles. The molecule has 0 aliphatic rings. The molecular weight excluding hydrogens is 305 g/mol. The molecule has 0 saturated heterocycles. The summed E-state index contributed by atoms with van der Waals surface area (Å²) >= 11 is 0. The molecule has 0 N–H and O–H groups in total. The Kier molecular flexibility index (Phi) is 5.53. The minimum atomic E-state index is -3.51. The van der Waals surface area contributed by atoms with Gasteiger partial charge in [0.25, 0.3) is 0 Å². The SMILES string of the molecule is CCCc1ccc(OC(F)(F)COc2ccc(C)c(F)c2)cc1. The van der Waals surface area contributed by atoms with E-state index in [0.717, 1.165) is 24.5 Å². The number of hydrogen-bond donors (Lipinski definition) is 0. The summed E-state index contributed by atoms with van der Waals surface area (Å²) in [6.45, 7) is 2.63. The molecule has 5 heteroatoms. The Morgan fingerprint density at radius 1 is 1.00 bits per heavy atom. The number of alkyl halides is 2. The van der Waals surface area contributed by atoms with E-state index in [1.807, 2.05) is 6.92 Å². The van der Waals surface area contributed by atoms with Gasteiger partial charge in [0.05, 0.1) is 0 Å².